The molecule has 0 spiro atoms. The Kier molecular flexibility index (Phi) is 2.45. The molecule has 0 bridgehead atoms. The molecule has 3 nitrogen and oxygen atoms in total. The first-order valence-corrected chi connectivity index (χ1v) is 3.49. The molecule has 8 heavy (non-hydrogen) atoms. The lowest BCUT2D eigenvalue weighted by Gasteiger charge is -2.20. The van der Waals surface area contributed by atoms with Crippen molar-refractivity contribution in [2.75, 3.05) is 26.2 Å². The van der Waals surface area contributed by atoms with Gasteiger partial charge in [0.15, 0.2) is 0 Å². The Morgan fingerprint density at radius 1 is 1.38 bits per heavy atom. The van der Waals surface area contributed by atoms with Crippen molar-refractivity contribution in [1.29, 1.82) is 0 Å². The molecule has 0 unspecified atom stereocenters. The van der Waals surface area contributed by atoms with E-state index in [1.807, 2.05) is 4.31 Å². The molecule has 0 saturated carbocycles. The fraction of sp³-hybridized carbons (Fsp3) is 1.00. The Morgan fingerprint density at radius 3 is 2.38 bits per heavy atom. The van der Waals surface area contributed by atoms with Crippen molar-refractivity contribution in [2.45, 2.75) is 0 Å². The quantitative estimate of drug-likeness (QED) is 0.439. The third-order valence-electron chi connectivity index (χ3n) is 1.21. The van der Waals surface area contributed by atoms with Gasteiger partial charge in [0.2, 0.25) is 0 Å². The highest BCUT2D eigenvalue weighted by molar-refractivity contribution is 7.63. The van der Waals surface area contributed by atoms with Crippen LogP contribution >= 0.6 is 0 Å². The summed E-state index contributed by atoms with van der Waals surface area (Å²) in [5.74, 6) is 0. The highest BCUT2D eigenvalue weighted by Gasteiger charge is 2.05. The number of nitrogens with zero attached hydrogens (tertiary/aromatic N) is 1. The molecule has 1 aliphatic rings. The van der Waals surface area contributed by atoms with Gasteiger partial charge in [-0.2, -0.15) is 0 Å². The average molecular weight is 134 g/mol. The highest BCUT2D eigenvalue weighted by atomic mass is 32.2. The van der Waals surface area contributed by atoms with E-state index in [2.05, 4.69) is 5.32 Å². The van der Waals surface area contributed by atoms with Crippen molar-refractivity contribution in [3.05, 3.63) is 0 Å². The van der Waals surface area contributed by atoms with Crippen LogP contribution in [0.15, 0.2) is 0 Å². The van der Waals surface area contributed by atoms with Crippen molar-refractivity contribution in [3.8, 4) is 0 Å². The molecule has 1 rings (SSSR count). The number of hydrogen-bond acceptors (Lipinski definition) is 2. The molecule has 4 heteroatoms. The van der Waals surface area contributed by atoms with E-state index in [1.54, 1.807) is 0 Å². The van der Waals surface area contributed by atoms with Crippen LogP contribution in [0.4, 0.5) is 0 Å². The molecular weight excluding hydrogens is 124 g/mol. The van der Waals surface area contributed by atoms with E-state index in [0.29, 0.717) is 0 Å². The molecule has 1 N–H and O–H groups in total. The van der Waals surface area contributed by atoms with Gasteiger partial charge in [0.05, 0.1) is 11.9 Å². The minimum Gasteiger partial charge on any atom is -0.314 e. The topological polar surface area (TPSA) is 32.3 Å². The number of rotatable bonds is 1. The van der Waals surface area contributed by atoms with E-state index in [9.17, 15) is 4.21 Å². The smallest absolute Gasteiger partial charge is 0.0809 e. The molecule has 0 aromatic carbocycles. The summed E-state index contributed by atoms with van der Waals surface area (Å²) in [5, 5.41) is 3.16. The van der Waals surface area contributed by atoms with Crippen LogP contribution in [-0.2, 0) is 11.9 Å². The zero-order valence-corrected chi connectivity index (χ0v) is 5.53. The molecule has 1 heterocycles. The van der Waals surface area contributed by atoms with Crippen molar-refractivity contribution in [1.82, 2.24) is 9.62 Å². The second-order valence-corrected chi connectivity index (χ2v) is 2.51. The van der Waals surface area contributed by atoms with Crippen LogP contribution in [0.1, 0.15) is 0 Å². The first-order valence-electron chi connectivity index (χ1n) is 2.72. The predicted molar refractivity (Wildman–Crippen MR) is 34.0 cm³/mol. The van der Waals surface area contributed by atoms with Gasteiger partial charge in [0.1, 0.15) is 0 Å². The zero-order valence-electron chi connectivity index (χ0n) is 4.63. The fourth-order valence-electron chi connectivity index (χ4n) is 0.735. The molecule has 0 amide bonds. The van der Waals surface area contributed by atoms with Gasteiger partial charge in [0, 0.05) is 26.2 Å². The van der Waals surface area contributed by atoms with E-state index >= 15 is 0 Å². The first kappa shape index (κ1) is 6.19. The maximum atomic E-state index is 10.2. The molecular formula is C4H10N2OS. The van der Waals surface area contributed by atoms with E-state index in [0.717, 1.165) is 26.2 Å². The molecule has 0 atom stereocenters. The second kappa shape index (κ2) is 3.17. The predicted octanol–water partition coefficient (Wildman–Crippen LogP) is -1.25. The van der Waals surface area contributed by atoms with E-state index in [1.165, 1.54) is 0 Å². The molecule has 48 valence electrons. The van der Waals surface area contributed by atoms with Crippen LogP contribution in [0.5, 0.6) is 0 Å². The third kappa shape index (κ3) is 1.54. The maximum absolute atomic E-state index is 10.2. The van der Waals surface area contributed by atoms with Crippen LogP contribution in [0, 0.1) is 0 Å². The Hall–Kier alpha value is 0.0700. The molecule has 0 aromatic heterocycles. The Morgan fingerprint density at radius 2 is 2.00 bits per heavy atom. The minimum absolute atomic E-state index is 0.170. The summed E-state index contributed by atoms with van der Waals surface area (Å²) in [5.41, 5.74) is 0. The third-order valence-corrected chi connectivity index (χ3v) is 1.84. The van der Waals surface area contributed by atoms with Gasteiger partial charge in [-0.25, -0.2) is 8.51 Å². The van der Waals surface area contributed by atoms with Crippen molar-refractivity contribution in [2.24, 2.45) is 0 Å². The van der Waals surface area contributed by atoms with Crippen LogP contribution < -0.4 is 5.32 Å². The number of hydrogen-bond donors (Lipinski definition) is 2. The van der Waals surface area contributed by atoms with Gasteiger partial charge < -0.3 is 5.32 Å². The van der Waals surface area contributed by atoms with Gasteiger partial charge in [-0.3, -0.25) is 0 Å². The second-order valence-electron chi connectivity index (χ2n) is 1.79. The standard InChI is InChI=1S/C4H10N2OS/c7-8-6-3-1-5-2-4-6/h5,8H,1-4H2. The fourth-order valence-corrected chi connectivity index (χ4v) is 1.10. The molecule has 1 aliphatic heterocycles. The Labute approximate surface area is 52.7 Å². The molecule has 0 aliphatic carbocycles. The summed E-state index contributed by atoms with van der Waals surface area (Å²) in [6, 6.07) is 0. The number of thiol groups is 1. The number of piperazine rings is 1. The van der Waals surface area contributed by atoms with Crippen LogP contribution in [0.25, 0.3) is 0 Å². The lowest BCUT2D eigenvalue weighted by Crippen LogP contribution is -2.41. The molecule has 0 radical (unpaired) electrons. The molecule has 1 fully saturated rings. The maximum Gasteiger partial charge on any atom is 0.0809 e. The first-order chi connectivity index (χ1) is 3.93. The van der Waals surface area contributed by atoms with Crippen molar-refractivity contribution >= 4 is 11.9 Å². The summed E-state index contributed by atoms with van der Waals surface area (Å²) >= 11 is 0.170. The van der Waals surface area contributed by atoms with Gasteiger partial charge in [0.25, 0.3) is 0 Å². The molecule has 1 saturated heterocycles. The van der Waals surface area contributed by atoms with E-state index in [-0.39, 0.29) is 11.9 Å². The largest absolute Gasteiger partial charge is 0.314 e. The van der Waals surface area contributed by atoms with Crippen molar-refractivity contribution in [3.63, 3.8) is 0 Å². The summed E-state index contributed by atoms with van der Waals surface area (Å²) < 4.78 is 12.0. The monoisotopic (exact) mass is 134 g/mol. The van der Waals surface area contributed by atoms with Gasteiger partial charge >= 0.3 is 0 Å². The molecule has 0 aromatic rings. The summed E-state index contributed by atoms with van der Waals surface area (Å²) in [4.78, 5) is 0. The Balaban J connectivity index is 2.22. The highest BCUT2D eigenvalue weighted by Crippen LogP contribution is 1.86. The van der Waals surface area contributed by atoms with Crippen molar-refractivity contribution < 1.29 is 4.21 Å². The summed E-state index contributed by atoms with van der Waals surface area (Å²) in [6.45, 7) is 3.75. The summed E-state index contributed by atoms with van der Waals surface area (Å²) in [7, 11) is 0. The lowest BCUT2D eigenvalue weighted by molar-refractivity contribution is 0.387. The van der Waals surface area contributed by atoms with Gasteiger partial charge in [-0.15, -0.1) is 0 Å². The zero-order chi connectivity index (χ0) is 5.82. The number of nitrogens with one attached hydrogen (secondary N) is 1. The van der Waals surface area contributed by atoms with Crippen LogP contribution in [-0.4, -0.2) is 34.7 Å². The lowest BCUT2D eigenvalue weighted by atomic mass is 10.4. The SMILES string of the molecule is O=[SH]N1CCNCC1. The normalized spacial score (nSPS) is 23.5. The van der Waals surface area contributed by atoms with Gasteiger partial charge in [-0.05, 0) is 0 Å². The average Bonchev–Trinajstić information content (AvgIpc) is 1.90. The Bertz CT molecular complexity index is 82.1. The van der Waals surface area contributed by atoms with Gasteiger partial charge in [-0.1, -0.05) is 0 Å². The minimum atomic E-state index is 0.170. The van der Waals surface area contributed by atoms with E-state index in [4.69, 9.17) is 0 Å². The van der Waals surface area contributed by atoms with Crippen LogP contribution in [0.3, 0.4) is 0 Å². The van der Waals surface area contributed by atoms with Crippen LogP contribution in [0.2, 0.25) is 0 Å². The van der Waals surface area contributed by atoms with E-state index < -0.39 is 0 Å². The summed E-state index contributed by atoms with van der Waals surface area (Å²) in [6.07, 6.45) is 0.